The van der Waals surface area contributed by atoms with E-state index in [1.54, 1.807) is 30.4 Å². The van der Waals surface area contributed by atoms with Crippen LogP contribution in [0.15, 0.2) is 61.2 Å². The zero-order valence-electron chi connectivity index (χ0n) is 16.3. The molecule has 28 heavy (non-hydrogen) atoms. The number of nitrogens with zero attached hydrogens (tertiary/aromatic N) is 5. The number of amides is 1. The Balaban J connectivity index is 1.63. The second-order valence-electron chi connectivity index (χ2n) is 6.69. The molecule has 7 nitrogen and oxygen atoms in total. The number of likely N-dealkylation sites (N-methyl/N-ethyl adjacent to an activating group) is 1. The van der Waals surface area contributed by atoms with Gasteiger partial charge in [0.05, 0.1) is 0 Å². The van der Waals surface area contributed by atoms with Crippen molar-refractivity contribution in [2.24, 2.45) is 0 Å². The lowest BCUT2D eigenvalue weighted by atomic mass is 10.2. The first-order chi connectivity index (χ1) is 13.5. The fourth-order valence-electron chi connectivity index (χ4n) is 2.68. The van der Waals surface area contributed by atoms with Gasteiger partial charge in [-0.05, 0) is 48.4 Å². The van der Waals surface area contributed by atoms with Crippen LogP contribution in [0.3, 0.4) is 0 Å². The molecule has 2 heterocycles. The van der Waals surface area contributed by atoms with Crippen LogP contribution in [-0.4, -0.2) is 53.4 Å². The van der Waals surface area contributed by atoms with Crippen LogP contribution in [0.2, 0.25) is 0 Å². The molecular weight excluding hydrogens is 352 g/mol. The van der Waals surface area contributed by atoms with E-state index in [9.17, 15) is 4.79 Å². The Bertz CT molecular complexity index is 912. The fraction of sp³-hybridized carbons (Fsp3) is 0.238. The standard InChI is InChI=1S/C21H24N6O/c1-26(2)18-6-4-17(5-7-18)25-20-14-19(23-15-24-20)21(28)27(3)13-10-16-8-11-22-12-9-16/h4-9,11-12,14-15H,10,13H2,1-3H3,(H,23,24,25). The Morgan fingerprint density at radius 3 is 2.39 bits per heavy atom. The van der Waals surface area contributed by atoms with E-state index in [2.05, 4.69) is 20.3 Å². The number of hydrogen-bond acceptors (Lipinski definition) is 6. The molecule has 144 valence electrons. The molecule has 0 fully saturated rings. The van der Waals surface area contributed by atoms with Crippen LogP contribution in [0.1, 0.15) is 16.1 Å². The molecule has 1 amide bonds. The van der Waals surface area contributed by atoms with Crippen LogP contribution in [0.4, 0.5) is 17.2 Å². The maximum Gasteiger partial charge on any atom is 0.272 e. The zero-order valence-corrected chi connectivity index (χ0v) is 16.3. The third-order valence-corrected chi connectivity index (χ3v) is 4.37. The summed E-state index contributed by atoms with van der Waals surface area (Å²) in [7, 11) is 5.77. The summed E-state index contributed by atoms with van der Waals surface area (Å²) in [6.45, 7) is 0.599. The van der Waals surface area contributed by atoms with E-state index in [0.29, 0.717) is 18.1 Å². The highest BCUT2D eigenvalue weighted by Gasteiger charge is 2.14. The van der Waals surface area contributed by atoms with Gasteiger partial charge in [0.15, 0.2) is 0 Å². The third-order valence-electron chi connectivity index (χ3n) is 4.37. The first kappa shape index (κ1) is 19.3. The lowest BCUT2D eigenvalue weighted by molar-refractivity contribution is 0.0790. The summed E-state index contributed by atoms with van der Waals surface area (Å²) in [6, 6.07) is 13.6. The molecule has 1 aromatic carbocycles. The maximum atomic E-state index is 12.7. The second-order valence-corrected chi connectivity index (χ2v) is 6.69. The summed E-state index contributed by atoms with van der Waals surface area (Å²) in [5.41, 5.74) is 3.51. The van der Waals surface area contributed by atoms with Crippen molar-refractivity contribution in [1.82, 2.24) is 19.9 Å². The van der Waals surface area contributed by atoms with Crippen LogP contribution in [0.5, 0.6) is 0 Å². The Morgan fingerprint density at radius 2 is 1.71 bits per heavy atom. The number of aromatic nitrogens is 3. The zero-order chi connectivity index (χ0) is 19.9. The first-order valence-electron chi connectivity index (χ1n) is 9.04. The first-order valence-corrected chi connectivity index (χ1v) is 9.04. The molecule has 0 atom stereocenters. The molecule has 0 saturated heterocycles. The molecule has 0 unspecified atom stereocenters. The number of pyridine rings is 1. The molecule has 1 N–H and O–H groups in total. The van der Waals surface area contributed by atoms with Gasteiger partial charge in [-0.25, -0.2) is 9.97 Å². The predicted octanol–water partition coefficient (Wildman–Crippen LogP) is 3.00. The Labute approximate surface area is 165 Å². The molecule has 0 aliphatic rings. The molecule has 0 saturated carbocycles. The van der Waals surface area contributed by atoms with Crippen LogP contribution in [0.25, 0.3) is 0 Å². The number of anilines is 3. The molecule has 0 spiro atoms. The topological polar surface area (TPSA) is 74.2 Å². The molecule has 3 rings (SSSR count). The van der Waals surface area contributed by atoms with Gasteiger partial charge >= 0.3 is 0 Å². The van der Waals surface area contributed by atoms with Crippen molar-refractivity contribution < 1.29 is 4.79 Å². The minimum Gasteiger partial charge on any atom is -0.378 e. The van der Waals surface area contributed by atoms with E-state index in [-0.39, 0.29) is 5.91 Å². The number of hydrogen-bond donors (Lipinski definition) is 1. The van der Waals surface area contributed by atoms with E-state index in [0.717, 1.165) is 23.4 Å². The Hall–Kier alpha value is -3.48. The lowest BCUT2D eigenvalue weighted by Crippen LogP contribution is -2.29. The van der Waals surface area contributed by atoms with E-state index in [1.807, 2.05) is 55.4 Å². The van der Waals surface area contributed by atoms with Crippen molar-refractivity contribution in [3.8, 4) is 0 Å². The summed E-state index contributed by atoms with van der Waals surface area (Å²) in [5, 5.41) is 3.21. The Morgan fingerprint density at radius 1 is 1.00 bits per heavy atom. The van der Waals surface area contributed by atoms with Crippen molar-refractivity contribution in [2.75, 3.05) is 37.9 Å². The molecule has 2 aromatic heterocycles. The van der Waals surface area contributed by atoms with Crippen molar-refractivity contribution in [3.05, 3.63) is 72.4 Å². The van der Waals surface area contributed by atoms with Crippen LogP contribution >= 0.6 is 0 Å². The summed E-state index contributed by atoms with van der Waals surface area (Å²) in [5.74, 6) is 0.445. The van der Waals surface area contributed by atoms with E-state index in [1.165, 1.54) is 6.33 Å². The quantitative estimate of drug-likeness (QED) is 0.683. The number of rotatable bonds is 7. The average Bonchev–Trinajstić information content (AvgIpc) is 2.73. The monoisotopic (exact) mass is 376 g/mol. The SMILES string of the molecule is CN(CCc1ccncc1)C(=O)c1cc(Nc2ccc(N(C)C)cc2)ncn1. The summed E-state index contributed by atoms with van der Waals surface area (Å²) in [6.07, 6.45) is 5.68. The second kappa shape index (κ2) is 8.94. The van der Waals surface area contributed by atoms with Crippen molar-refractivity contribution in [3.63, 3.8) is 0 Å². The van der Waals surface area contributed by atoms with Gasteiger partial charge in [0, 0.05) is 57.5 Å². The largest absolute Gasteiger partial charge is 0.378 e. The average molecular weight is 376 g/mol. The van der Waals surface area contributed by atoms with Gasteiger partial charge in [-0.1, -0.05) is 0 Å². The Kier molecular flexibility index (Phi) is 6.16. The van der Waals surface area contributed by atoms with Gasteiger partial charge in [0.2, 0.25) is 0 Å². The van der Waals surface area contributed by atoms with Crippen molar-refractivity contribution in [1.29, 1.82) is 0 Å². The highest BCUT2D eigenvalue weighted by molar-refractivity contribution is 5.92. The molecule has 0 bridgehead atoms. The van der Waals surface area contributed by atoms with Gasteiger partial charge in [0.25, 0.3) is 5.91 Å². The van der Waals surface area contributed by atoms with Gasteiger partial charge in [-0.2, -0.15) is 0 Å². The molecule has 7 heteroatoms. The van der Waals surface area contributed by atoms with E-state index in [4.69, 9.17) is 0 Å². The highest BCUT2D eigenvalue weighted by Crippen LogP contribution is 2.19. The highest BCUT2D eigenvalue weighted by atomic mass is 16.2. The van der Waals surface area contributed by atoms with Crippen molar-refractivity contribution >= 4 is 23.1 Å². The number of carbonyl (C=O) groups excluding carboxylic acids is 1. The fourth-order valence-corrected chi connectivity index (χ4v) is 2.68. The van der Waals surface area contributed by atoms with E-state index >= 15 is 0 Å². The summed E-state index contributed by atoms with van der Waals surface area (Å²) < 4.78 is 0. The maximum absolute atomic E-state index is 12.7. The van der Waals surface area contributed by atoms with Crippen LogP contribution in [0, 0.1) is 0 Å². The number of benzene rings is 1. The van der Waals surface area contributed by atoms with E-state index < -0.39 is 0 Å². The minimum absolute atomic E-state index is 0.137. The molecule has 0 radical (unpaired) electrons. The molecule has 0 aliphatic heterocycles. The third kappa shape index (κ3) is 5.03. The van der Waals surface area contributed by atoms with Gasteiger partial charge in [-0.15, -0.1) is 0 Å². The minimum atomic E-state index is -0.137. The summed E-state index contributed by atoms with van der Waals surface area (Å²) >= 11 is 0. The van der Waals surface area contributed by atoms with Gasteiger partial charge < -0.3 is 15.1 Å². The van der Waals surface area contributed by atoms with Crippen molar-refractivity contribution in [2.45, 2.75) is 6.42 Å². The molecule has 3 aromatic rings. The van der Waals surface area contributed by atoms with Gasteiger partial charge in [0.1, 0.15) is 17.8 Å². The normalized spacial score (nSPS) is 10.4. The summed E-state index contributed by atoms with van der Waals surface area (Å²) in [4.78, 5) is 28.7. The van der Waals surface area contributed by atoms with Crippen LogP contribution in [-0.2, 0) is 6.42 Å². The molecular formula is C21H24N6O. The van der Waals surface area contributed by atoms with Gasteiger partial charge in [-0.3, -0.25) is 9.78 Å². The molecule has 0 aliphatic carbocycles. The lowest BCUT2D eigenvalue weighted by Gasteiger charge is -2.17. The van der Waals surface area contributed by atoms with Crippen LogP contribution < -0.4 is 10.2 Å². The smallest absolute Gasteiger partial charge is 0.272 e. The number of nitrogens with one attached hydrogen (secondary N) is 1. The predicted molar refractivity (Wildman–Crippen MR) is 111 cm³/mol. The number of carbonyl (C=O) groups is 1.